The van der Waals surface area contributed by atoms with Gasteiger partial charge in [0.05, 0.1) is 0 Å². The van der Waals surface area contributed by atoms with E-state index in [1.54, 1.807) is 24.3 Å². The Hall–Kier alpha value is -2.69. The topological polar surface area (TPSA) is 107 Å². The van der Waals surface area contributed by atoms with Crippen molar-refractivity contribution < 1.29 is 4.79 Å². The summed E-state index contributed by atoms with van der Waals surface area (Å²) in [7, 11) is 0. The Labute approximate surface area is 112 Å². The molecule has 0 atom stereocenters. The Kier molecular flexibility index (Phi) is 5.22. The summed E-state index contributed by atoms with van der Waals surface area (Å²) >= 11 is 0. The highest BCUT2D eigenvalue weighted by Crippen LogP contribution is 2.10. The molecule has 5 heteroatoms. The van der Waals surface area contributed by atoms with Crippen LogP contribution in [-0.2, 0) is 0 Å². The van der Waals surface area contributed by atoms with Gasteiger partial charge in [-0.05, 0) is 42.8 Å². The lowest BCUT2D eigenvalue weighted by molar-refractivity contribution is 0.259. The summed E-state index contributed by atoms with van der Waals surface area (Å²) in [6.45, 7) is 2.02. The number of aryl methyl sites for hydroxylation is 1. The van der Waals surface area contributed by atoms with Crippen molar-refractivity contribution in [1.29, 1.82) is 0 Å². The third kappa shape index (κ3) is 5.97. The van der Waals surface area contributed by atoms with Crippen LogP contribution < -0.4 is 22.5 Å². The molecule has 0 saturated carbocycles. The first-order valence-corrected chi connectivity index (χ1v) is 5.71. The van der Waals surface area contributed by atoms with Gasteiger partial charge in [0, 0.05) is 17.1 Å². The normalized spacial score (nSPS) is 9.11. The lowest BCUT2D eigenvalue weighted by Gasteiger charge is -2.00. The predicted octanol–water partition coefficient (Wildman–Crippen LogP) is 2.34. The molecule has 5 nitrogen and oxygen atoms in total. The van der Waals surface area contributed by atoms with E-state index in [1.807, 2.05) is 31.2 Å². The minimum absolute atomic E-state index is 0.587. The van der Waals surface area contributed by atoms with Gasteiger partial charge >= 0.3 is 6.03 Å². The zero-order valence-corrected chi connectivity index (χ0v) is 10.8. The van der Waals surface area contributed by atoms with Crippen LogP contribution in [0.2, 0.25) is 0 Å². The number of amides is 2. The fourth-order valence-electron chi connectivity index (χ4n) is 1.43. The van der Waals surface area contributed by atoms with Crippen LogP contribution in [-0.4, -0.2) is 6.03 Å². The molecule has 100 valence electrons. The minimum Gasteiger partial charge on any atom is -0.399 e. The van der Waals surface area contributed by atoms with Crippen molar-refractivity contribution in [2.45, 2.75) is 6.92 Å². The zero-order chi connectivity index (χ0) is 14.3. The van der Waals surface area contributed by atoms with Crippen molar-refractivity contribution in [2.75, 3.05) is 16.8 Å². The van der Waals surface area contributed by atoms with Crippen molar-refractivity contribution in [3.63, 3.8) is 0 Å². The maximum Gasteiger partial charge on any atom is 0.316 e. The summed E-state index contributed by atoms with van der Waals surface area (Å²) < 4.78 is 0. The lowest BCUT2D eigenvalue weighted by Crippen LogP contribution is -2.19. The van der Waals surface area contributed by atoms with Crippen LogP contribution in [0.15, 0.2) is 48.5 Å². The molecule has 0 aliphatic carbocycles. The molecule has 0 aliphatic rings. The Morgan fingerprint density at radius 1 is 1.00 bits per heavy atom. The van der Waals surface area contributed by atoms with Gasteiger partial charge < -0.3 is 22.5 Å². The van der Waals surface area contributed by atoms with Crippen LogP contribution >= 0.6 is 0 Å². The van der Waals surface area contributed by atoms with Crippen molar-refractivity contribution in [1.82, 2.24) is 0 Å². The Morgan fingerprint density at radius 2 is 1.58 bits per heavy atom. The number of nitrogens with two attached hydrogens (primary N) is 3. The molecule has 2 aromatic carbocycles. The molecular formula is C14H18N4O. The first-order chi connectivity index (χ1) is 8.97. The van der Waals surface area contributed by atoms with Crippen LogP contribution in [0, 0.1) is 6.92 Å². The molecule has 0 saturated heterocycles. The van der Waals surface area contributed by atoms with Crippen LogP contribution in [0.25, 0.3) is 0 Å². The van der Waals surface area contributed by atoms with Gasteiger partial charge in [0.2, 0.25) is 0 Å². The second-order valence-corrected chi connectivity index (χ2v) is 4.03. The van der Waals surface area contributed by atoms with E-state index >= 15 is 0 Å². The number of anilines is 3. The molecule has 0 bridgehead atoms. The molecule has 19 heavy (non-hydrogen) atoms. The first kappa shape index (κ1) is 14.4. The van der Waals surface area contributed by atoms with E-state index in [4.69, 9.17) is 17.2 Å². The van der Waals surface area contributed by atoms with E-state index in [0.717, 1.165) is 5.69 Å². The van der Waals surface area contributed by atoms with Gasteiger partial charge in [-0.3, -0.25) is 0 Å². The molecule has 2 aromatic rings. The number of rotatable bonds is 1. The van der Waals surface area contributed by atoms with E-state index in [1.165, 1.54) is 5.56 Å². The van der Waals surface area contributed by atoms with Gasteiger partial charge in [-0.25, -0.2) is 4.79 Å². The highest BCUT2D eigenvalue weighted by molar-refractivity contribution is 5.88. The van der Waals surface area contributed by atoms with Crippen LogP contribution in [0.3, 0.4) is 0 Å². The molecule has 2 rings (SSSR count). The van der Waals surface area contributed by atoms with Crippen LogP contribution in [0.1, 0.15) is 5.56 Å². The number of nitrogen functional groups attached to an aromatic ring is 2. The first-order valence-electron chi connectivity index (χ1n) is 5.71. The summed E-state index contributed by atoms with van der Waals surface area (Å²) in [6.07, 6.45) is 0. The molecule has 0 heterocycles. The fourth-order valence-corrected chi connectivity index (χ4v) is 1.43. The largest absolute Gasteiger partial charge is 0.399 e. The number of hydrogen-bond donors (Lipinski definition) is 4. The summed E-state index contributed by atoms with van der Waals surface area (Å²) in [4.78, 5) is 10.4. The number of benzene rings is 2. The molecule has 0 unspecified atom stereocenters. The zero-order valence-electron chi connectivity index (χ0n) is 10.8. The van der Waals surface area contributed by atoms with E-state index in [9.17, 15) is 4.79 Å². The molecule has 0 spiro atoms. The Morgan fingerprint density at radius 3 is 2.00 bits per heavy atom. The van der Waals surface area contributed by atoms with Crippen molar-refractivity contribution in [3.05, 3.63) is 54.1 Å². The SMILES string of the molecule is Cc1cccc(N)c1.NC(=O)Nc1cccc(N)c1. The summed E-state index contributed by atoms with van der Waals surface area (Å²) in [5.74, 6) is 0. The molecule has 0 radical (unpaired) electrons. The number of urea groups is 1. The lowest BCUT2D eigenvalue weighted by atomic mass is 10.2. The fraction of sp³-hybridized carbons (Fsp3) is 0.0714. The number of carbonyl (C=O) groups excluding carboxylic acids is 1. The third-order valence-corrected chi connectivity index (χ3v) is 2.20. The van der Waals surface area contributed by atoms with Crippen molar-refractivity contribution in [2.24, 2.45) is 5.73 Å². The monoisotopic (exact) mass is 258 g/mol. The van der Waals surface area contributed by atoms with Gasteiger partial charge in [-0.2, -0.15) is 0 Å². The highest BCUT2D eigenvalue weighted by Gasteiger charge is 1.94. The third-order valence-electron chi connectivity index (χ3n) is 2.20. The van der Waals surface area contributed by atoms with Gasteiger partial charge in [-0.1, -0.05) is 18.2 Å². The van der Waals surface area contributed by atoms with Gasteiger partial charge in [0.25, 0.3) is 0 Å². The van der Waals surface area contributed by atoms with Crippen molar-refractivity contribution >= 4 is 23.1 Å². The number of carbonyl (C=O) groups is 1. The smallest absolute Gasteiger partial charge is 0.316 e. The second kappa shape index (κ2) is 6.90. The van der Waals surface area contributed by atoms with Crippen molar-refractivity contribution in [3.8, 4) is 0 Å². The summed E-state index contributed by atoms with van der Waals surface area (Å²) in [5.41, 5.74) is 19.0. The Balaban J connectivity index is 0.000000200. The summed E-state index contributed by atoms with van der Waals surface area (Å²) in [5, 5.41) is 2.40. The average molecular weight is 258 g/mol. The highest BCUT2D eigenvalue weighted by atomic mass is 16.2. The van der Waals surface area contributed by atoms with Crippen LogP contribution in [0.5, 0.6) is 0 Å². The maximum atomic E-state index is 10.4. The molecule has 2 amide bonds. The molecule has 0 fully saturated rings. The quantitative estimate of drug-likeness (QED) is 0.589. The molecular weight excluding hydrogens is 240 g/mol. The van der Waals surface area contributed by atoms with Gasteiger partial charge in [0.1, 0.15) is 0 Å². The van der Waals surface area contributed by atoms with E-state index in [2.05, 4.69) is 5.32 Å². The average Bonchev–Trinajstić information content (AvgIpc) is 2.28. The standard InChI is InChI=1S/C7H9N3O.C7H9N/c8-5-2-1-3-6(4-5)10-7(9)11;1-6-3-2-4-7(8)5-6/h1-4H,8H2,(H3,9,10,11);2-5H,8H2,1H3. The Bertz CT molecular complexity index is 537. The maximum absolute atomic E-state index is 10.4. The van der Waals surface area contributed by atoms with Gasteiger partial charge in [-0.15, -0.1) is 0 Å². The molecule has 7 N–H and O–H groups in total. The van der Waals surface area contributed by atoms with E-state index < -0.39 is 6.03 Å². The molecule has 0 aliphatic heterocycles. The van der Waals surface area contributed by atoms with E-state index in [0.29, 0.717) is 11.4 Å². The van der Waals surface area contributed by atoms with E-state index in [-0.39, 0.29) is 0 Å². The second-order valence-electron chi connectivity index (χ2n) is 4.03. The van der Waals surface area contributed by atoms with Crippen LogP contribution in [0.4, 0.5) is 21.9 Å². The number of hydrogen-bond acceptors (Lipinski definition) is 3. The predicted molar refractivity (Wildman–Crippen MR) is 79.7 cm³/mol. The summed E-state index contributed by atoms with van der Waals surface area (Å²) in [6, 6.07) is 14.0. The van der Waals surface area contributed by atoms with Gasteiger partial charge in [0.15, 0.2) is 0 Å². The number of nitrogens with one attached hydrogen (secondary N) is 1. The minimum atomic E-state index is -0.587. The number of primary amides is 1. The molecule has 0 aromatic heterocycles.